The molecule has 1 heterocycles. The second kappa shape index (κ2) is 9.90. The molecule has 6 nitrogen and oxygen atoms in total. The van der Waals surface area contributed by atoms with Crippen LogP contribution < -0.4 is 0 Å². The highest BCUT2D eigenvalue weighted by atomic mass is 28.4. The van der Waals surface area contributed by atoms with Gasteiger partial charge in [0.05, 0.1) is 5.92 Å². The third-order valence-electron chi connectivity index (χ3n) is 4.89. The summed E-state index contributed by atoms with van der Waals surface area (Å²) in [5, 5.41) is 9.52. The predicted molar refractivity (Wildman–Crippen MR) is 93.7 cm³/mol. The van der Waals surface area contributed by atoms with Crippen molar-refractivity contribution in [1.82, 2.24) is 0 Å². The Bertz CT molecular complexity index is 348. The maximum atomic E-state index is 11.5. The molecule has 0 amide bonds. The molecule has 8 heteroatoms. The number of carbonyl (C=O) groups is 1. The summed E-state index contributed by atoms with van der Waals surface area (Å²) < 4.78 is 22.0. The van der Waals surface area contributed by atoms with E-state index in [4.69, 9.17) is 18.0 Å². The molecule has 23 heavy (non-hydrogen) atoms. The molecule has 0 bridgehead atoms. The summed E-state index contributed by atoms with van der Waals surface area (Å²) in [6.45, 7) is 0.857. The van der Waals surface area contributed by atoms with Gasteiger partial charge in [0.15, 0.2) is 0 Å². The van der Waals surface area contributed by atoms with E-state index in [-0.39, 0.29) is 11.1 Å². The van der Waals surface area contributed by atoms with Crippen LogP contribution in [0.4, 0.5) is 0 Å². The van der Waals surface area contributed by atoms with Crippen molar-refractivity contribution in [2.24, 2.45) is 5.92 Å². The van der Waals surface area contributed by atoms with Gasteiger partial charge in [-0.2, -0.15) is 0 Å². The number of hydrogen-bond donors (Lipinski definition) is 1. The van der Waals surface area contributed by atoms with Crippen LogP contribution in [0.3, 0.4) is 0 Å². The van der Waals surface area contributed by atoms with Gasteiger partial charge in [0.2, 0.25) is 0 Å². The van der Waals surface area contributed by atoms with Gasteiger partial charge >= 0.3 is 14.8 Å². The lowest BCUT2D eigenvalue weighted by Crippen LogP contribution is -2.43. The molecule has 1 N–H and O–H groups in total. The highest BCUT2D eigenvalue weighted by Gasteiger charge is 2.39. The van der Waals surface area contributed by atoms with E-state index in [0.717, 1.165) is 42.5 Å². The molecule has 1 aliphatic rings. The maximum Gasteiger partial charge on any atom is 0.500 e. The first kappa shape index (κ1) is 20.8. The lowest BCUT2D eigenvalue weighted by atomic mass is 9.96. The molecular formula is C15H32O6Si2. The number of rotatable bonds is 11. The lowest BCUT2D eigenvalue weighted by molar-refractivity contribution is -0.142. The number of hydrogen-bond acceptors (Lipinski definition) is 5. The first-order valence-corrected chi connectivity index (χ1v) is 11.4. The van der Waals surface area contributed by atoms with Crippen LogP contribution >= 0.6 is 0 Å². The Kier molecular flexibility index (Phi) is 8.95. The Morgan fingerprint density at radius 2 is 1.91 bits per heavy atom. The van der Waals surface area contributed by atoms with Crippen molar-refractivity contribution in [3.63, 3.8) is 0 Å². The fourth-order valence-electron chi connectivity index (χ4n) is 3.21. The van der Waals surface area contributed by atoms with Gasteiger partial charge in [0.1, 0.15) is 0 Å². The average molecular weight is 365 g/mol. The monoisotopic (exact) mass is 364 g/mol. The third kappa shape index (κ3) is 6.63. The summed E-state index contributed by atoms with van der Waals surface area (Å²) in [6.07, 6.45) is 6.57. The van der Waals surface area contributed by atoms with Gasteiger partial charge < -0.3 is 23.1 Å². The van der Waals surface area contributed by atoms with Gasteiger partial charge in [-0.1, -0.05) is 6.42 Å². The Morgan fingerprint density at radius 1 is 1.26 bits per heavy atom. The molecule has 0 aromatic rings. The van der Waals surface area contributed by atoms with Crippen LogP contribution in [0.5, 0.6) is 0 Å². The minimum atomic E-state index is -2.69. The quantitative estimate of drug-likeness (QED) is 0.559. The molecule has 136 valence electrons. The fraction of sp³-hybridized carbons (Fsp3) is 0.933. The van der Waals surface area contributed by atoms with E-state index in [0.29, 0.717) is 18.9 Å². The van der Waals surface area contributed by atoms with E-state index >= 15 is 0 Å². The average Bonchev–Trinajstić information content (AvgIpc) is 2.55. The second-order valence-corrected chi connectivity index (χ2v) is 11.4. The minimum absolute atomic E-state index is 0.0609. The Morgan fingerprint density at radius 3 is 2.39 bits per heavy atom. The van der Waals surface area contributed by atoms with Crippen LogP contribution in [-0.2, 0) is 22.8 Å². The molecule has 0 aromatic carbocycles. The van der Waals surface area contributed by atoms with Crippen LogP contribution in [0, 0.1) is 5.92 Å². The summed E-state index contributed by atoms with van der Waals surface area (Å²) in [6, 6.07) is 0.524. The smallest absolute Gasteiger partial charge is 0.481 e. The van der Waals surface area contributed by atoms with Gasteiger partial charge in [-0.25, -0.2) is 0 Å². The van der Waals surface area contributed by atoms with E-state index in [1.165, 1.54) is 6.42 Å². The van der Waals surface area contributed by atoms with E-state index in [2.05, 4.69) is 0 Å². The summed E-state index contributed by atoms with van der Waals surface area (Å²) in [4.78, 5) is 11.5. The number of ether oxygens (including phenoxy) is 1. The first-order chi connectivity index (χ1) is 10.9. The van der Waals surface area contributed by atoms with Gasteiger partial charge in [-0.05, 0) is 38.5 Å². The molecule has 1 rings (SSSR count). The van der Waals surface area contributed by atoms with Crippen molar-refractivity contribution in [1.29, 1.82) is 0 Å². The van der Waals surface area contributed by atoms with E-state index in [9.17, 15) is 9.90 Å². The van der Waals surface area contributed by atoms with Crippen LogP contribution in [0.15, 0.2) is 0 Å². The third-order valence-corrected chi connectivity index (χ3v) is 8.95. The normalized spacial score (nSPS) is 23.8. The highest BCUT2D eigenvalue weighted by molar-refractivity contribution is 6.60. The topological polar surface area (TPSA) is 74.2 Å². The van der Waals surface area contributed by atoms with Gasteiger partial charge in [-0.3, -0.25) is 4.79 Å². The van der Waals surface area contributed by atoms with Crippen molar-refractivity contribution in [2.45, 2.75) is 56.2 Å². The fourth-order valence-corrected chi connectivity index (χ4v) is 5.94. The van der Waals surface area contributed by atoms with E-state index < -0.39 is 14.8 Å². The van der Waals surface area contributed by atoms with Crippen molar-refractivity contribution in [3.05, 3.63) is 0 Å². The molecule has 1 fully saturated rings. The number of carboxylic acid groups (broad SMARTS) is 1. The molecule has 2 unspecified atom stereocenters. The molecule has 2 atom stereocenters. The Balaban J connectivity index is 2.44. The summed E-state index contributed by atoms with van der Waals surface area (Å²) >= 11 is 0. The Labute approximate surface area is 143 Å². The molecular weight excluding hydrogens is 332 g/mol. The minimum Gasteiger partial charge on any atom is -0.481 e. The van der Waals surface area contributed by atoms with Crippen LogP contribution in [-0.4, -0.2) is 63.3 Å². The highest BCUT2D eigenvalue weighted by Crippen LogP contribution is 2.29. The first-order valence-electron chi connectivity index (χ1n) is 8.42. The van der Waals surface area contributed by atoms with E-state index in [1.807, 2.05) is 0 Å². The van der Waals surface area contributed by atoms with Crippen LogP contribution in [0.25, 0.3) is 0 Å². The maximum absolute atomic E-state index is 11.5. The standard InChI is InChI=1S/C15H32O6Si2/c1-18-23(19-2,20-3)12-8-13(14(16)17)7-6-10-15(22)9-4-5-11-21-15/h13H,4-12H2,1-3,22H3,(H,16,17). The lowest BCUT2D eigenvalue weighted by Gasteiger charge is -2.34. The van der Waals surface area contributed by atoms with Crippen molar-refractivity contribution in [3.8, 4) is 0 Å². The van der Waals surface area contributed by atoms with Gasteiger partial charge in [-0.15, -0.1) is 0 Å². The molecule has 0 saturated carbocycles. The SMILES string of the molecule is CO[Si](CCC(CCCC1([SiH3])CCCCO1)C(=O)O)(OC)OC. The molecule has 0 spiro atoms. The largest absolute Gasteiger partial charge is 0.500 e. The van der Waals surface area contributed by atoms with Crippen molar-refractivity contribution in [2.75, 3.05) is 27.9 Å². The summed E-state index contributed by atoms with van der Waals surface area (Å²) in [5.41, 5.74) is 0. The van der Waals surface area contributed by atoms with Gasteiger partial charge in [0.25, 0.3) is 0 Å². The summed E-state index contributed by atoms with van der Waals surface area (Å²) in [7, 11) is 2.99. The summed E-state index contributed by atoms with van der Waals surface area (Å²) in [5.74, 6) is -1.13. The number of carboxylic acids is 1. The molecule has 1 saturated heterocycles. The van der Waals surface area contributed by atoms with E-state index in [1.54, 1.807) is 21.3 Å². The van der Waals surface area contributed by atoms with Crippen molar-refractivity contribution < 1.29 is 27.9 Å². The van der Waals surface area contributed by atoms with Crippen molar-refractivity contribution >= 4 is 25.0 Å². The zero-order valence-corrected chi connectivity index (χ0v) is 17.9. The second-order valence-electron chi connectivity index (χ2n) is 6.52. The van der Waals surface area contributed by atoms with Crippen LogP contribution in [0.2, 0.25) is 6.04 Å². The molecule has 0 aromatic heterocycles. The molecule has 0 radical (unpaired) electrons. The zero-order chi connectivity index (χ0) is 17.3. The predicted octanol–water partition coefficient (Wildman–Crippen LogP) is 1.39. The molecule has 0 aliphatic carbocycles. The van der Waals surface area contributed by atoms with Gasteiger partial charge in [0, 0.05) is 49.4 Å². The number of aliphatic carboxylic acids is 1. The zero-order valence-electron chi connectivity index (χ0n) is 14.9. The van der Waals surface area contributed by atoms with Crippen LogP contribution in [0.1, 0.15) is 44.9 Å². The Hall–Kier alpha value is -0.256. The molecule has 1 aliphatic heterocycles.